The summed E-state index contributed by atoms with van der Waals surface area (Å²) in [5, 5.41) is 1.64. The molecule has 0 fully saturated rings. The van der Waals surface area contributed by atoms with Crippen LogP contribution in [0.15, 0.2) is 35.2 Å². The number of unbranched alkanes of at least 4 members (excludes halogenated alkanes) is 18. The van der Waals surface area contributed by atoms with Gasteiger partial charge in [0, 0.05) is 5.39 Å². The van der Waals surface area contributed by atoms with E-state index in [4.69, 9.17) is 0 Å². The Kier molecular flexibility index (Phi) is 20.9. The zero-order valence-electron chi connectivity index (χ0n) is 25.6. The van der Waals surface area contributed by atoms with Crippen molar-refractivity contribution in [3.05, 3.63) is 41.5 Å². The van der Waals surface area contributed by atoms with Crippen molar-refractivity contribution in [2.45, 2.75) is 160 Å². The van der Waals surface area contributed by atoms with Gasteiger partial charge in [-0.2, -0.15) is 0 Å². The van der Waals surface area contributed by atoms with Gasteiger partial charge in [0.25, 0.3) is 0 Å². The summed E-state index contributed by atoms with van der Waals surface area (Å²) in [6.45, 7) is 4.51. The monoisotopic (exact) mass is 566 g/mol. The molecule has 0 aromatic heterocycles. The van der Waals surface area contributed by atoms with Crippen molar-refractivity contribution < 1.29 is 42.5 Å². The largest absolute Gasteiger partial charge is 1.00 e. The molecule has 0 heterocycles. The van der Waals surface area contributed by atoms with Crippen molar-refractivity contribution in [3.8, 4) is 0 Å². The van der Waals surface area contributed by atoms with Gasteiger partial charge in [-0.25, -0.2) is 8.42 Å². The minimum absolute atomic E-state index is 0. The third-order valence-electron chi connectivity index (χ3n) is 8.05. The quantitative estimate of drug-likeness (QED) is 0.0788. The van der Waals surface area contributed by atoms with Crippen molar-refractivity contribution in [2.75, 3.05) is 0 Å². The summed E-state index contributed by atoms with van der Waals surface area (Å²) in [4.78, 5) is -0.0398. The first-order chi connectivity index (χ1) is 18.5. The van der Waals surface area contributed by atoms with E-state index in [0.717, 1.165) is 43.1 Å². The molecular weight excluding hydrogens is 511 g/mol. The zero-order chi connectivity index (χ0) is 27.5. The SMILES string of the molecule is CCCCCCCCCCCCc1ccc(S(=O)(=O)[O-])c2c(CCCCCCCCCCCC)cccc12.[Na+]. The van der Waals surface area contributed by atoms with Crippen molar-refractivity contribution >= 4 is 20.9 Å². The van der Waals surface area contributed by atoms with Gasteiger partial charge in [-0.15, -0.1) is 0 Å². The van der Waals surface area contributed by atoms with Gasteiger partial charge in [0.2, 0.25) is 0 Å². The van der Waals surface area contributed by atoms with Gasteiger partial charge in [-0.3, -0.25) is 0 Å². The molecule has 2 aromatic carbocycles. The van der Waals surface area contributed by atoms with Crippen molar-refractivity contribution in [1.29, 1.82) is 0 Å². The van der Waals surface area contributed by atoms with Crippen LogP contribution in [0, 0.1) is 0 Å². The standard InChI is InChI=1S/C34H56O3S.Na/c1-3-5-7-9-11-13-15-17-19-21-24-30-28-29-33(38(35,36)37)34-31(26-23-27-32(30)34)25-22-20-18-16-14-12-10-8-6-4-2;/h23,26-29H,3-22,24-25H2,1-2H3,(H,35,36,37);/q;+1/p-1. The third kappa shape index (κ3) is 14.9. The average molecular weight is 567 g/mol. The molecule has 3 nitrogen and oxygen atoms in total. The van der Waals surface area contributed by atoms with Crippen LogP contribution in [0.1, 0.15) is 153 Å². The summed E-state index contributed by atoms with van der Waals surface area (Å²) in [7, 11) is -4.52. The van der Waals surface area contributed by atoms with Gasteiger partial charge in [0.15, 0.2) is 0 Å². The Labute approximate surface area is 263 Å². The van der Waals surface area contributed by atoms with E-state index < -0.39 is 10.1 Å². The Balaban J connectivity index is 0.00000760. The first-order valence-electron chi connectivity index (χ1n) is 16.0. The molecule has 2 rings (SSSR count). The maximum Gasteiger partial charge on any atom is 1.00 e. The maximum absolute atomic E-state index is 12.1. The molecule has 5 heteroatoms. The number of hydrogen-bond donors (Lipinski definition) is 0. The van der Waals surface area contributed by atoms with Gasteiger partial charge < -0.3 is 4.55 Å². The number of benzene rings is 2. The molecular formula is C34H55NaO3S. The summed E-state index contributed by atoms with van der Waals surface area (Å²) in [6.07, 6.45) is 27.5. The minimum Gasteiger partial charge on any atom is -0.744 e. The molecule has 216 valence electrons. The molecule has 0 atom stereocenters. The normalized spacial score (nSPS) is 11.7. The van der Waals surface area contributed by atoms with Crippen LogP contribution in [-0.4, -0.2) is 13.0 Å². The van der Waals surface area contributed by atoms with Crippen LogP contribution in [0.2, 0.25) is 0 Å². The van der Waals surface area contributed by atoms with Crippen LogP contribution in [-0.2, 0) is 23.0 Å². The third-order valence-corrected chi connectivity index (χ3v) is 8.93. The predicted molar refractivity (Wildman–Crippen MR) is 163 cm³/mol. The van der Waals surface area contributed by atoms with E-state index in [1.165, 1.54) is 115 Å². The van der Waals surface area contributed by atoms with Gasteiger partial charge in [0.1, 0.15) is 10.1 Å². The second-order valence-electron chi connectivity index (χ2n) is 11.4. The van der Waals surface area contributed by atoms with E-state index in [1.807, 2.05) is 24.3 Å². The van der Waals surface area contributed by atoms with E-state index in [9.17, 15) is 13.0 Å². The predicted octanol–water partition coefficient (Wildman–Crippen LogP) is 7.67. The molecule has 0 saturated carbocycles. The van der Waals surface area contributed by atoms with Crippen LogP contribution in [0.4, 0.5) is 0 Å². The summed E-state index contributed by atoms with van der Waals surface area (Å²) in [6, 6.07) is 9.52. The first kappa shape index (κ1) is 36.6. The van der Waals surface area contributed by atoms with Gasteiger partial charge in [-0.05, 0) is 48.3 Å². The fraction of sp³-hybridized carbons (Fsp3) is 0.706. The Morgan fingerprint density at radius 3 is 1.38 bits per heavy atom. The number of rotatable bonds is 23. The van der Waals surface area contributed by atoms with E-state index >= 15 is 0 Å². The van der Waals surface area contributed by atoms with Gasteiger partial charge >= 0.3 is 29.6 Å². The molecule has 0 radical (unpaired) electrons. The number of fused-ring (bicyclic) bond motifs is 1. The van der Waals surface area contributed by atoms with Crippen LogP contribution in [0.5, 0.6) is 0 Å². The van der Waals surface area contributed by atoms with E-state index in [0.29, 0.717) is 5.39 Å². The van der Waals surface area contributed by atoms with Crippen LogP contribution in [0.25, 0.3) is 10.8 Å². The first-order valence-corrected chi connectivity index (χ1v) is 17.4. The fourth-order valence-corrected chi connectivity index (χ4v) is 6.47. The molecule has 39 heavy (non-hydrogen) atoms. The van der Waals surface area contributed by atoms with Gasteiger partial charge in [0.05, 0.1) is 4.90 Å². The molecule has 0 aliphatic carbocycles. The summed E-state index contributed by atoms with van der Waals surface area (Å²) in [5.74, 6) is 0. The average Bonchev–Trinajstić information content (AvgIpc) is 2.90. The summed E-state index contributed by atoms with van der Waals surface area (Å²) >= 11 is 0. The van der Waals surface area contributed by atoms with Gasteiger partial charge in [-0.1, -0.05) is 154 Å². The van der Waals surface area contributed by atoms with Crippen molar-refractivity contribution in [3.63, 3.8) is 0 Å². The summed E-state index contributed by atoms with van der Waals surface area (Å²) in [5.41, 5.74) is 2.19. The maximum atomic E-state index is 12.1. The Bertz CT molecular complexity index is 1000. The Hall–Kier alpha value is -0.390. The topological polar surface area (TPSA) is 57.2 Å². The van der Waals surface area contributed by atoms with E-state index in [1.54, 1.807) is 6.07 Å². The Morgan fingerprint density at radius 2 is 0.949 bits per heavy atom. The second-order valence-corrected chi connectivity index (χ2v) is 12.7. The Morgan fingerprint density at radius 1 is 0.538 bits per heavy atom. The van der Waals surface area contributed by atoms with E-state index in [2.05, 4.69) is 13.8 Å². The molecule has 0 aliphatic heterocycles. The molecule has 0 N–H and O–H groups in total. The molecule has 0 saturated heterocycles. The smallest absolute Gasteiger partial charge is 0.744 e. The van der Waals surface area contributed by atoms with Crippen LogP contribution in [0.3, 0.4) is 0 Å². The number of aryl methyl sites for hydroxylation is 2. The molecule has 2 aromatic rings. The minimum atomic E-state index is -4.52. The zero-order valence-corrected chi connectivity index (χ0v) is 28.4. The summed E-state index contributed by atoms with van der Waals surface area (Å²) < 4.78 is 36.4. The van der Waals surface area contributed by atoms with Crippen molar-refractivity contribution in [1.82, 2.24) is 0 Å². The van der Waals surface area contributed by atoms with Crippen LogP contribution < -0.4 is 29.6 Å². The molecule has 0 unspecified atom stereocenters. The molecule has 0 bridgehead atoms. The fourth-order valence-electron chi connectivity index (χ4n) is 5.75. The van der Waals surface area contributed by atoms with E-state index in [-0.39, 0.29) is 34.5 Å². The molecule has 0 amide bonds. The van der Waals surface area contributed by atoms with Crippen LogP contribution >= 0.6 is 0 Å². The molecule has 0 spiro atoms. The second kappa shape index (κ2) is 22.2. The molecule has 0 aliphatic rings. The van der Waals surface area contributed by atoms with Crippen molar-refractivity contribution in [2.24, 2.45) is 0 Å². The number of hydrogen-bond acceptors (Lipinski definition) is 3.